The molecule has 4 nitrogen and oxygen atoms in total. The highest BCUT2D eigenvalue weighted by molar-refractivity contribution is 6.13. The van der Waals surface area contributed by atoms with Crippen molar-refractivity contribution in [2.75, 3.05) is 0 Å². The minimum Gasteiger partial charge on any atom is -0.457 e. The van der Waals surface area contributed by atoms with E-state index >= 15 is 0 Å². The Morgan fingerprint density at radius 2 is 0.885 bits per heavy atom. The summed E-state index contributed by atoms with van der Waals surface area (Å²) in [5, 5.41) is 7.16. The highest BCUT2D eigenvalue weighted by atomic mass is 16.5. The molecule has 0 aliphatic carbocycles. The largest absolute Gasteiger partial charge is 0.457 e. The van der Waals surface area contributed by atoms with Gasteiger partial charge in [-0.2, -0.15) is 0 Å². The molecular weight excluding hydrogens is 637 g/mol. The summed E-state index contributed by atoms with van der Waals surface area (Å²) in [7, 11) is 0. The molecule has 0 unspecified atom stereocenters. The first-order valence-electron chi connectivity index (χ1n) is 17.6. The molecule has 52 heavy (non-hydrogen) atoms. The second kappa shape index (κ2) is 11.2. The number of fused-ring (bicyclic) bond motifs is 9. The van der Waals surface area contributed by atoms with Crippen LogP contribution in [0.3, 0.4) is 0 Å². The molecule has 244 valence electrons. The predicted octanol–water partition coefficient (Wildman–Crippen LogP) is 13.2. The predicted molar refractivity (Wildman–Crippen MR) is 214 cm³/mol. The van der Waals surface area contributed by atoms with Crippen molar-refractivity contribution in [1.29, 1.82) is 0 Å². The van der Waals surface area contributed by atoms with Gasteiger partial charge in [-0.1, -0.05) is 91.0 Å². The van der Waals surface area contributed by atoms with Crippen LogP contribution in [-0.2, 0) is 0 Å². The van der Waals surface area contributed by atoms with E-state index in [1.807, 2.05) is 54.6 Å². The fraction of sp³-hybridized carbons (Fsp3) is 0. The van der Waals surface area contributed by atoms with Gasteiger partial charge in [-0.3, -0.25) is 0 Å². The summed E-state index contributed by atoms with van der Waals surface area (Å²) in [6.45, 7) is 0. The lowest BCUT2D eigenvalue weighted by atomic mass is 10.0. The molecule has 4 heteroatoms. The molecule has 0 N–H and O–H groups in total. The minimum atomic E-state index is 0.809. The number of rotatable bonds is 5. The van der Waals surface area contributed by atoms with E-state index in [2.05, 4.69) is 137 Å². The molecular formula is C48H30N2O2. The van der Waals surface area contributed by atoms with Crippen LogP contribution in [-0.4, -0.2) is 9.13 Å². The molecule has 0 aliphatic heterocycles. The second-order valence-corrected chi connectivity index (χ2v) is 13.4. The maximum atomic E-state index is 6.18. The third kappa shape index (κ3) is 4.41. The summed E-state index contributed by atoms with van der Waals surface area (Å²) in [5.41, 5.74) is 11.0. The van der Waals surface area contributed by atoms with E-state index in [1.54, 1.807) is 0 Å². The number of ether oxygens (including phenoxy) is 1. The van der Waals surface area contributed by atoms with Crippen LogP contribution >= 0.6 is 0 Å². The molecule has 3 aromatic heterocycles. The first kappa shape index (κ1) is 28.8. The monoisotopic (exact) mass is 666 g/mol. The Kier molecular flexibility index (Phi) is 6.22. The Labute approximate surface area is 298 Å². The smallest absolute Gasteiger partial charge is 0.135 e. The highest BCUT2D eigenvalue weighted by Gasteiger charge is 2.17. The van der Waals surface area contributed by atoms with Gasteiger partial charge in [0.05, 0.1) is 22.1 Å². The Balaban J connectivity index is 1.05. The molecule has 0 aliphatic rings. The number of para-hydroxylation sites is 4. The summed E-state index contributed by atoms with van der Waals surface area (Å²) >= 11 is 0. The summed E-state index contributed by atoms with van der Waals surface area (Å²) in [5.74, 6) is 1.63. The van der Waals surface area contributed by atoms with Crippen LogP contribution in [0.25, 0.3) is 88.1 Å². The number of furan rings is 1. The van der Waals surface area contributed by atoms with E-state index in [-0.39, 0.29) is 0 Å². The molecule has 0 radical (unpaired) electrons. The third-order valence-electron chi connectivity index (χ3n) is 10.4. The second-order valence-electron chi connectivity index (χ2n) is 13.4. The maximum Gasteiger partial charge on any atom is 0.135 e. The molecule has 8 aromatic carbocycles. The van der Waals surface area contributed by atoms with Crippen molar-refractivity contribution in [2.45, 2.75) is 0 Å². The number of benzene rings is 8. The Hall–Kier alpha value is -7.04. The fourth-order valence-corrected chi connectivity index (χ4v) is 8.00. The lowest BCUT2D eigenvalue weighted by Gasteiger charge is -2.11. The van der Waals surface area contributed by atoms with Crippen LogP contribution < -0.4 is 4.74 Å². The summed E-state index contributed by atoms with van der Waals surface area (Å²) in [4.78, 5) is 0. The standard InChI is InChI=1S/C48H30N2O2/c1-2-10-35(11-3-1)51-36-23-20-33(21-24-36)49-44-16-8-5-13-38(44)41-28-31(19-26-45(41)49)32-18-25-39-37-12-4-7-15-43(37)50(46(39)29-32)34-22-27-48-42(30-34)40-14-6-9-17-47(40)52-48/h1-30H. The molecule has 0 fully saturated rings. The summed E-state index contributed by atoms with van der Waals surface area (Å²) < 4.78 is 17.0. The Morgan fingerprint density at radius 1 is 0.327 bits per heavy atom. The van der Waals surface area contributed by atoms with Crippen molar-refractivity contribution in [2.24, 2.45) is 0 Å². The van der Waals surface area contributed by atoms with Gasteiger partial charge in [-0.15, -0.1) is 0 Å². The van der Waals surface area contributed by atoms with Crippen molar-refractivity contribution in [3.63, 3.8) is 0 Å². The lowest BCUT2D eigenvalue weighted by Crippen LogP contribution is -1.94. The van der Waals surface area contributed by atoms with E-state index in [0.29, 0.717) is 0 Å². The summed E-state index contributed by atoms with van der Waals surface area (Å²) in [6.07, 6.45) is 0. The van der Waals surface area contributed by atoms with Crippen LogP contribution in [0.4, 0.5) is 0 Å². The minimum absolute atomic E-state index is 0.809. The Bertz CT molecular complexity index is 3150. The first-order chi connectivity index (χ1) is 25.8. The molecule has 0 saturated heterocycles. The first-order valence-corrected chi connectivity index (χ1v) is 17.6. The zero-order chi connectivity index (χ0) is 34.2. The quantitative estimate of drug-likeness (QED) is 0.183. The molecule has 0 spiro atoms. The zero-order valence-electron chi connectivity index (χ0n) is 28.0. The van der Waals surface area contributed by atoms with Gasteiger partial charge in [0.1, 0.15) is 22.7 Å². The van der Waals surface area contributed by atoms with Crippen LogP contribution in [0.1, 0.15) is 0 Å². The van der Waals surface area contributed by atoms with Crippen molar-refractivity contribution in [1.82, 2.24) is 9.13 Å². The molecule has 0 saturated carbocycles. The van der Waals surface area contributed by atoms with E-state index in [1.165, 1.54) is 49.2 Å². The topological polar surface area (TPSA) is 32.2 Å². The Morgan fingerprint density at radius 3 is 1.69 bits per heavy atom. The van der Waals surface area contributed by atoms with Gasteiger partial charge >= 0.3 is 0 Å². The molecule has 11 rings (SSSR count). The molecule has 0 amide bonds. The van der Waals surface area contributed by atoms with Gasteiger partial charge < -0.3 is 18.3 Å². The zero-order valence-corrected chi connectivity index (χ0v) is 28.0. The van der Waals surface area contributed by atoms with E-state index in [4.69, 9.17) is 9.15 Å². The number of hydrogen-bond donors (Lipinski definition) is 0. The van der Waals surface area contributed by atoms with Crippen LogP contribution in [0, 0.1) is 0 Å². The molecule has 3 heterocycles. The van der Waals surface area contributed by atoms with Gasteiger partial charge in [-0.05, 0) is 102 Å². The third-order valence-corrected chi connectivity index (χ3v) is 10.4. The van der Waals surface area contributed by atoms with Gasteiger partial charge in [0.25, 0.3) is 0 Å². The molecule has 11 aromatic rings. The van der Waals surface area contributed by atoms with Gasteiger partial charge in [0.2, 0.25) is 0 Å². The molecule has 0 bridgehead atoms. The number of aromatic nitrogens is 2. The summed E-state index contributed by atoms with van der Waals surface area (Å²) in [6, 6.07) is 64.1. The lowest BCUT2D eigenvalue weighted by molar-refractivity contribution is 0.482. The van der Waals surface area contributed by atoms with Crippen LogP contribution in [0.15, 0.2) is 186 Å². The van der Waals surface area contributed by atoms with Crippen molar-refractivity contribution < 1.29 is 9.15 Å². The van der Waals surface area contributed by atoms with E-state index in [9.17, 15) is 0 Å². The normalized spacial score (nSPS) is 11.8. The van der Waals surface area contributed by atoms with E-state index < -0.39 is 0 Å². The van der Waals surface area contributed by atoms with Crippen molar-refractivity contribution in [3.8, 4) is 34.0 Å². The average molecular weight is 667 g/mol. The van der Waals surface area contributed by atoms with Gasteiger partial charge in [0.15, 0.2) is 0 Å². The number of hydrogen-bond acceptors (Lipinski definition) is 2. The van der Waals surface area contributed by atoms with Crippen molar-refractivity contribution >= 4 is 65.6 Å². The average Bonchev–Trinajstić information content (AvgIpc) is 3.85. The van der Waals surface area contributed by atoms with Crippen LogP contribution in [0.2, 0.25) is 0 Å². The molecule has 0 atom stereocenters. The van der Waals surface area contributed by atoms with Gasteiger partial charge in [0, 0.05) is 43.7 Å². The van der Waals surface area contributed by atoms with Crippen LogP contribution in [0.5, 0.6) is 11.5 Å². The fourth-order valence-electron chi connectivity index (χ4n) is 8.00. The number of nitrogens with zero attached hydrogens (tertiary/aromatic N) is 2. The van der Waals surface area contributed by atoms with E-state index in [0.717, 1.165) is 50.3 Å². The van der Waals surface area contributed by atoms with Gasteiger partial charge in [-0.25, -0.2) is 0 Å². The highest BCUT2D eigenvalue weighted by Crippen LogP contribution is 2.39. The maximum absolute atomic E-state index is 6.18. The van der Waals surface area contributed by atoms with Crippen molar-refractivity contribution in [3.05, 3.63) is 182 Å². The SMILES string of the molecule is c1ccc(Oc2ccc(-n3c4ccccc4c4cc(-c5ccc6c7ccccc7n(-c7ccc8oc9ccccc9c8c7)c6c5)ccc43)cc2)cc1.